The average molecular weight is 250 g/mol. The Bertz CT molecular complexity index is 498. The maximum atomic E-state index is 12.0. The second-order valence-corrected chi connectivity index (χ2v) is 4.30. The summed E-state index contributed by atoms with van der Waals surface area (Å²) in [6.45, 7) is 0.220. The molecule has 0 saturated carbocycles. The Morgan fingerprint density at radius 2 is 2.17 bits per heavy atom. The average Bonchev–Trinajstić information content (AvgIpc) is 2.95. The highest BCUT2D eigenvalue weighted by atomic mass is 16.4. The molecule has 18 heavy (non-hydrogen) atoms. The van der Waals surface area contributed by atoms with E-state index in [9.17, 15) is 14.7 Å². The number of aryl methyl sites for hydroxylation is 1. The highest BCUT2D eigenvalue weighted by Gasteiger charge is 2.46. The van der Waals surface area contributed by atoms with Crippen molar-refractivity contribution in [2.24, 2.45) is 12.5 Å². The zero-order chi connectivity index (χ0) is 13.2. The fourth-order valence-electron chi connectivity index (χ4n) is 1.92. The Morgan fingerprint density at radius 3 is 2.67 bits per heavy atom. The summed E-state index contributed by atoms with van der Waals surface area (Å²) in [5, 5.41) is 19.3. The minimum Gasteiger partial charge on any atom is -0.480 e. The molecule has 1 aliphatic carbocycles. The Hall–Kier alpha value is -2.18. The van der Waals surface area contributed by atoms with Gasteiger partial charge in [0.1, 0.15) is 0 Å². The van der Waals surface area contributed by atoms with E-state index in [0.717, 1.165) is 5.69 Å². The van der Waals surface area contributed by atoms with Gasteiger partial charge in [-0.3, -0.25) is 14.3 Å². The number of nitrogens with zero attached hydrogens (tertiary/aromatic N) is 3. The number of carboxylic acid groups (broad SMARTS) is 1. The molecule has 0 fully saturated rings. The van der Waals surface area contributed by atoms with Crippen LogP contribution in [-0.4, -0.2) is 32.0 Å². The number of carbonyl (C=O) groups is 2. The Balaban J connectivity index is 2.03. The van der Waals surface area contributed by atoms with E-state index < -0.39 is 17.3 Å². The lowest BCUT2D eigenvalue weighted by atomic mass is 9.84. The number of hydrogen-bond donors (Lipinski definition) is 2. The molecule has 1 aliphatic rings. The monoisotopic (exact) mass is 250 g/mol. The zero-order valence-electron chi connectivity index (χ0n) is 9.96. The summed E-state index contributed by atoms with van der Waals surface area (Å²) in [5.74, 6) is -1.56. The predicted molar refractivity (Wildman–Crippen MR) is 61.3 cm³/mol. The predicted octanol–water partition coefficient (Wildman–Crippen LogP) is -0.148. The van der Waals surface area contributed by atoms with Gasteiger partial charge in [0.15, 0.2) is 5.41 Å². The fraction of sp³-hybridized carbons (Fsp3) is 0.455. The van der Waals surface area contributed by atoms with Gasteiger partial charge in [0.25, 0.3) is 0 Å². The fourth-order valence-corrected chi connectivity index (χ4v) is 1.92. The van der Waals surface area contributed by atoms with Crippen molar-refractivity contribution in [3.63, 3.8) is 0 Å². The molecule has 1 aromatic rings. The van der Waals surface area contributed by atoms with E-state index in [0.29, 0.717) is 0 Å². The molecule has 1 amide bonds. The van der Waals surface area contributed by atoms with E-state index in [1.54, 1.807) is 19.2 Å². The van der Waals surface area contributed by atoms with Crippen molar-refractivity contribution in [3.05, 3.63) is 24.0 Å². The molecule has 1 aromatic heterocycles. The standard InChI is InChI=1S/C11H14N4O3/c1-15-8(7-13-14-15)6-12-9(16)11(10(17)18)4-2-3-5-11/h2-3,7H,4-6H2,1H3,(H,12,16)(H,17,18). The van der Waals surface area contributed by atoms with Crippen molar-refractivity contribution in [3.8, 4) is 0 Å². The first-order valence-electron chi connectivity index (χ1n) is 5.56. The van der Waals surface area contributed by atoms with Crippen LogP contribution in [0.2, 0.25) is 0 Å². The maximum absolute atomic E-state index is 12.0. The van der Waals surface area contributed by atoms with Crippen LogP contribution in [0.1, 0.15) is 18.5 Å². The molecule has 0 spiro atoms. The number of aliphatic carboxylic acids is 1. The first-order valence-corrected chi connectivity index (χ1v) is 5.56. The number of aromatic nitrogens is 3. The number of rotatable bonds is 4. The molecule has 7 heteroatoms. The first-order chi connectivity index (χ1) is 8.56. The smallest absolute Gasteiger partial charge is 0.319 e. The van der Waals surface area contributed by atoms with Crippen LogP contribution in [0.5, 0.6) is 0 Å². The SMILES string of the molecule is Cn1nncc1CNC(=O)C1(C(=O)O)CC=CC1. The van der Waals surface area contributed by atoms with Crippen LogP contribution in [-0.2, 0) is 23.2 Å². The van der Waals surface area contributed by atoms with Gasteiger partial charge in [0.05, 0.1) is 18.4 Å². The third-order valence-electron chi connectivity index (χ3n) is 3.18. The molecule has 0 radical (unpaired) electrons. The number of carboxylic acids is 1. The minimum atomic E-state index is -1.36. The van der Waals surface area contributed by atoms with Gasteiger partial charge in [-0.25, -0.2) is 0 Å². The zero-order valence-corrected chi connectivity index (χ0v) is 9.96. The van der Waals surface area contributed by atoms with Crippen LogP contribution in [0.15, 0.2) is 18.3 Å². The molecule has 0 unspecified atom stereocenters. The topological polar surface area (TPSA) is 97.1 Å². The van der Waals surface area contributed by atoms with E-state index in [1.807, 2.05) is 0 Å². The third-order valence-corrected chi connectivity index (χ3v) is 3.18. The van der Waals surface area contributed by atoms with Crippen molar-refractivity contribution in [1.82, 2.24) is 20.3 Å². The summed E-state index contributed by atoms with van der Waals surface area (Å²) in [5.41, 5.74) is -0.638. The molecule has 0 aromatic carbocycles. The normalized spacial score (nSPS) is 16.7. The largest absolute Gasteiger partial charge is 0.480 e. The third kappa shape index (κ3) is 1.99. The number of carbonyl (C=O) groups excluding carboxylic acids is 1. The minimum absolute atomic E-state index is 0.220. The van der Waals surface area contributed by atoms with Crippen LogP contribution in [0.3, 0.4) is 0 Å². The summed E-state index contributed by atoms with van der Waals surface area (Å²) in [7, 11) is 1.71. The van der Waals surface area contributed by atoms with Gasteiger partial charge in [-0.15, -0.1) is 5.10 Å². The lowest BCUT2D eigenvalue weighted by Gasteiger charge is -2.22. The van der Waals surface area contributed by atoms with E-state index in [-0.39, 0.29) is 19.4 Å². The summed E-state index contributed by atoms with van der Waals surface area (Å²) in [4.78, 5) is 23.3. The second kappa shape index (κ2) is 4.59. The Kier molecular flexibility index (Phi) is 3.14. The molecule has 7 nitrogen and oxygen atoms in total. The molecule has 96 valence electrons. The van der Waals surface area contributed by atoms with Crippen molar-refractivity contribution in [2.45, 2.75) is 19.4 Å². The van der Waals surface area contributed by atoms with Gasteiger partial charge < -0.3 is 10.4 Å². The number of nitrogens with one attached hydrogen (secondary N) is 1. The molecule has 0 bridgehead atoms. The molecule has 0 saturated heterocycles. The Morgan fingerprint density at radius 1 is 1.50 bits per heavy atom. The van der Waals surface area contributed by atoms with Gasteiger partial charge in [-0.2, -0.15) is 0 Å². The van der Waals surface area contributed by atoms with Crippen molar-refractivity contribution in [2.75, 3.05) is 0 Å². The summed E-state index contributed by atoms with van der Waals surface area (Å²) in [6.07, 6.45) is 5.44. The van der Waals surface area contributed by atoms with E-state index in [1.165, 1.54) is 10.9 Å². The summed E-state index contributed by atoms with van der Waals surface area (Å²) in [6, 6.07) is 0. The highest BCUT2D eigenvalue weighted by molar-refractivity contribution is 6.02. The van der Waals surface area contributed by atoms with Gasteiger partial charge in [0, 0.05) is 7.05 Å². The van der Waals surface area contributed by atoms with E-state index in [2.05, 4.69) is 15.6 Å². The maximum Gasteiger partial charge on any atom is 0.319 e. The lowest BCUT2D eigenvalue weighted by molar-refractivity contribution is -0.155. The highest BCUT2D eigenvalue weighted by Crippen LogP contribution is 2.33. The van der Waals surface area contributed by atoms with E-state index in [4.69, 9.17) is 0 Å². The Labute approximate surface area is 103 Å². The van der Waals surface area contributed by atoms with Crippen molar-refractivity contribution >= 4 is 11.9 Å². The van der Waals surface area contributed by atoms with Gasteiger partial charge in [-0.05, 0) is 12.8 Å². The van der Waals surface area contributed by atoms with E-state index >= 15 is 0 Å². The second-order valence-electron chi connectivity index (χ2n) is 4.30. The molecular formula is C11H14N4O3. The van der Waals surface area contributed by atoms with Crippen molar-refractivity contribution < 1.29 is 14.7 Å². The van der Waals surface area contributed by atoms with Crippen LogP contribution < -0.4 is 5.32 Å². The molecule has 0 atom stereocenters. The number of amides is 1. The van der Waals surface area contributed by atoms with Gasteiger partial charge in [0.2, 0.25) is 5.91 Å². The molecule has 2 rings (SSSR count). The number of allylic oxidation sites excluding steroid dienone is 2. The quantitative estimate of drug-likeness (QED) is 0.572. The molecule has 0 aliphatic heterocycles. The van der Waals surface area contributed by atoms with Gasteiger partial charge in [-0.1, -0.05) is 17.4 Å². The van der Waals surface area contributed by atoms with Crippen LogP contribution in [0, 0.1) is 5.41 Å². The first kappa shape index (κ1) is 12.3. The van der Waals surface area contributed by atoms with Gasteiger partial charge >= 0.3 is 5.97 Å². The summed E-state index contributed by atoms with van der Waals surface area (Å²) >= 11 is 0. The molecule has 1 heterocycles. The summed E-state index contributed by atoms with van der Waals surface area (Å²) < 4.78 is 1.53. The number of hydrogen-bond acceptors (Lipinski definition) is 4. The molecule has 2 N–H and O–H groups in total. The molecular weight excluding hydrogens is 236 g/mol. The lowest BCUT2D eigenvalue weighted by Crippen LogP contribution is -2.44. The van der Waals surface area contributed by atoms with Crippen LogP contribution in [0.4, 0.5) is 0 Å². The van der Waals surface area contributed by atoms with Crippen LogP contribution >= 0.6 is 0 Å². The van der Waals surface area contributed by atoms with Crippen molar-refractivity contribution in [1.29, 1.82) is 0 Å². The van der Waals surface area contributed by atoms with Crippen LogP contribution in [0.25, 0.3) is 0 Å².